The molecule has 1 aliphatic heterocycles. The zero-order valence-electron chi connectivity index (χ0n) is 17.1. The largest absolute Gasteiger partial charge is 0.387 e. The number of benzene rings is 2. The van der Waals surface area contributed by atoms with Crippen molar-refractivity contribution in [1.82, 2.24) is 15.3 Å². The molecule has 1 saturated heterocycles. The summed E-state index contributed by atoms with van der Waals surface area (Å²) < 4.78 is 0. The lowest BCUT2D eigenvalue weighted by atomic mass is 9.68. The van der Waals surface area contributed by atoms with Crippen molar-refractivity contribution in [2.45, 2.75) is 43.6 Å². The van der Waals surface area contributed by atoms with E-state index in [0.717, 1.165) is 53.5 Å². The molecule has 0 spiro atoms. The zero-order chi connectivity index (χ0) is 20.7. The van der Waals surface area contributed by atoms with Crippen molar-refractivity contribution >= 4 is 11.6 Å². The molecule has 30 heavy (non-hydrogen) atoms. The van der Waals surface area contributed by atoms with E-state index in [1.165, 1.54) is 11.1 Å². The maximum atomic E-state index is 10.3. The topological polar surface area (TPSA) is 58.0 Å². The quantitative estimate of drug-likeness (QED) is 0.626. The van der Waals surface area contributed by atoms with Crippen molar-refractivity contribution in [3.05, 3.63) is 82.3 Å². The molecule has 2 N–H and O–H groups in total. The van der Waals surface area contributed by atoms with Gasteiger partial charge in [0.25, 0.3) is 0 Å². The van der Waals surface area contributed by atoms with Crippen molar-refractivity contribution in [2.75, 3.05) is 13.1 Å². The molecule has 0 unspecified atom stereocenters. The van der Waals surface area contributed by atoms with Crippen LogP contribution in [0.2, 0.25) is 5.02 Å². The molecular formula is C25H26ClN3O. The SMILES string of the molecule is C[C@@H]1C[C@@H](O)c2ncnc(-c3ccc(C4(c5ccc(Cl)cc5)CCNCC4)cc3)c21. The minimum atomic E-state index is -0.487. The summed E-state index contributed by atoms with van der Waals surface area (Å²) in [5.41, 5.74) is 6.54. The monoisotopic (exact) mass is 419 g/mol. The van der Waals surface area contributed by atoms with Crippen LogP contribution in [0.4, 0.5) is 0 Å². The highest BCUT2D eigenvalue weighted by Crippen LogP contribution is 2.44. The van der Waals surface area contributed by atoms with E-state index in [-0.39, 0.29) is 11.3 Å². The van der Waals surface area contributed by atoms with Crippen LogP contribution in [0.1, 0.15) is 60.6 Å². The van der Waals surface area contributed by atoms with Gasteiger partial charge < -0.3 is 10.4 Å². The molecule has 0 radical (unpaired) electrons. The van der Waals surface area contributed by atoms with Gasteiger partial charge in [-0.3, -0.25) is 0 Å². The maximum absolute atomic E-state index is 10.3. The molecular weight excluding hydrogens is 394 g/mol. The van der Waals surface area contributed by atoms with Gasteiger partial charge in [-0.1, -0.05) is 54.9 Å². The molecule has 2 atom stereocenters. The first kappa shape index (κ1) is 19.7. The summed E-state index contributed by atoms with van der Waals surface area (Å²) in [6, 6.07) is 17.2. The molecule has 5 rings (SSSR count). The predicted molar refractivity (Wildman–Crippen MR) is 120 cm³/mol. The van der Waals surface area contributed by atoms with Gasteiger partial charge in [0.05, 0.1) is 17.5 Å². The standard InChI is InChI=1S/C25H26ClN3O/c1-16-14-21(30)24-22(16)23(28-15-29-24)17-2-4-18(5-3-17)25(10-12-27-13-11-25)19-6-8-20(26)9-7-19/h2-9,15-16,21,27,30H,10-14H2,1H3/t16-,21-/m1/s1. The lowest BCUT2D eigenvalue weighted by Gasteiger charge is -2.39. The summed E-state index contributed by atoms with van der Waals surface area (Å²) in [7, 11) is 0. The van der Waals surface area contributed by atoms with Crippen LogP contribution in [0, 0.1) is 0 Å². The second-order valence-electron chi connectivity index (χ2n) is 8.59. The molecule has 3 aromatic rings. The fourth-order valence-electron chi connectivity index (χ4n) is 5.27. The van der Waals surface area contributed by atoms with E-state index in [1.807, 2.05) is 12.1 Å². The first-order valence-corrected chi connectivity index (χ1v) is 11.1. The first-order chi connectivity index (χ1) is 14.6. The summed E-state index contributed by atoms with van der Waals surface area (Å²) in [6.07, 6.45) is 3.91. The Balaban J connectivity index is 1.55. The van der Waals surface area contributed by atoms with Gasteiger partial charge in [0.1, 0.15) is 6.33 Å². The average molecular weight is 420 g/mol. The lowest BCUT2D eigenvalue weighted by molar-refractivity contribution is 0.170. The highest BCUT2D eigenvalue weighted by molar-refractivity contribution is 6.30. The number of nitrogens with zero attached hydrogens (tertiary/aromatic N) is 2. The number of fused-ring (bicyclic) bond motifs is 1. The van der Waals surface area contributed by atoms with Gasteiger partial charge >= 0.3 is 0 Å². The van der Waals surface area contributed by atoms with Crippen LogP contribution in [0.25, 0.3) is 11.3 Å². The van der Waals surface area contributed by atoms with Gasteiger partial charge in [-0.25, -0.2) is 9.97 Å². The van der Waals surface area contributed by atoms with Gasteiger partial charge in [-0.15, -0.1) is 0 Å². The number of aromatic nitrogens is 2. The van der Waals surface area contributed by atoms with E-state index in [1.54, 1.807) is 6.33 Å². The van der Waals surface area contributed by atoms with Gasteiger partial charge in [-0.2, -0.15) is 0 Å². The average Bonchev–Trinajstić information content (AvgIpc) is 3.08. The van der Waals surface area contributed by atoms with Gasteiger partial charge in [0, 0.05) is 21.6 Å². The minimum absolute atomic E-state index is 0.00846. The molecule has 0 bridgehead atoms. The molecule has 1 aromatic heterocycles. The van der Waals surface area contributed by atoms with E-state index in [2.05, 4.69) is 58.6 Å². The molecule has 0 saturated carbocycles. The summed E-state index contributed by atoms with van der Waals surface area (Å²) in [4.78, 5) is 8.93. The highest BCUT2D eigenvalue weighted by atomic mass is 35.5. The number of hydrogen-bond acceptors (Lipinski definition) is 4. The Hall–Kier alpha value is -2.27. The lowest BCUT2D eigenvalue weighted by Crippen LogP contribution is -2.40. The summed E-state index contributed by atoms with van der Waals surface area (Å²) in [6.45, 7) is 4.14. The van der Waals surface area contributed by atoms with Crippen molar-refractivity contribution in [3.8, 4) is 11.3 Å². The van der Waals surface area contributed by atoms with E-state index < -0.39 is 6.10 Å². The number of rotatable bonds is 3. The number of aliphatic hydroxyl groups excluding tert-OH is 1. The number of halogens is 1. The number of aliphatic hydroxyl groups is 1. The maximum Gasteiger partial charge on any atom is 0.116 e. The minimum Gasteiger partial charge on any atom is -0.387 e. The molecule has 154 valence electrons. The molecule has 0 amide bonds. The third-order valence-electron chi connectivity index (χ3n) is 6.86. The highest BCUT2D eigenvalue weighted by Gasteiger charge is 2.36. The van der Waals surface area contributed by atoms with Gasteiger partial charge in [0.2, 0.25) is 0 Å². The Labute approximate surface area is 182 Å². The van der Waals surface area contributed by atoms with Gasteiger partial charge in [0.15, 0.2) is 0 Å². The Morgan fingerprint density at radius 3 is 2.27 bits per heavy atom. The van der Waals surface area contributed by atoms with Crippen LogP contribution in [0.15, 0.2) is 54.9 Å². The smallest absolute Gasteiger partial charge is 0.116 e. The Kier molecular flexibility index (Phi) is 5.10. The summed E-state index contributed by atoms with van der Waals surface area (Å²) in [5.74, 6) is 0.260. The van der Waals surface area contributed by atoms with E-state index in [9.17, 15) is 5.11 Å². The summed E-state index contributed by atoms with van der Waals surface area (Å²) in [5, 5.41) is 14.6. The van der Waals surface area contributed by atoms with Crippen LogP contribution in [0.5, 0.6) is 0 Å². The first-order valence-electron chi connectivity index (χ1n) is 10.7. The Morgan fingerprint density at radius 2 is 1.60 bits per heavy atom. The third kappa shape index (κ3) is 3.24. The number of nitrogens with one attached hydrogen (secondary N) is 1. The van der Waals surface area contributed by atoms with Crippen LogP contribution < -0.4 is 5.32 Å². The molecule has 5 heteroatoms. The fourth-order valence-corrected chi connectivity index (χ4v) is 5.39. The Bertz CT molecular complexity index is 1040. The molecule has 1 fully saturated rings. The van der Waals surface area contributed by atoms with Crippen molar-refractivity contribution < 1.29 is 5.11 Å². The van der Waals surface area contributed by atoms with Gasteiger partial charge in [-0.05, 0) is 61.5 Å². The molecule has 2 aromatic carbocycles. The second-order valence-corrected chi connectivity index (χ2v) is 9.03. The second kappa shape index (κ2) is 7.77. The predicted octanol–water partition coefficient (Wildman–Crippen LogP) is 5.01. The van der Waals surface area contributed by atoms with E-state index in [0.29, 0.717) is 6.42 Å². The van der Waals surface area contributed by atoms with Crippen LogP contribution >= 0.6 is 11.6 Å². The van der Waals surface area contributed by atoms with Crippen LogP contribution in [-0.4, -0.2) is 28.2 Å². The van der Waals surface area contributed by atoms with Crippen LogP contribution in [-0.2, 0) is 5.41 Å². The normalized spacial score (nSPS) is 22.6. The summed E-state index contributed by atoms with van der Waals surface area (Å²) >= 11 is 6.16. The number of piperidine rings is 1. The number of hydrogen-bond donors (Lipinski definition) is 2. The zero-order valence-corrected chi connectivity index (χ0v) is 17.9. The Morgan fingerprint density at radius 1 is 0.967 bits per heavy atom. The van der Waals surface area contributed by atoms with Crippen molar-refractivity contribution in [3.63, 3.8) is 0 Å². The van der Waals surface area contributed by atoms with Crippen LogP contribution in [0.3, 0.4) is 0 Å². The molecule has 4 nitrogen and oxygen atoms in total. The van der Waals surface area contributed by atoms with Crippen molar-refractivity contribution in [2.24, 2.45) is 0 Å². The molecule has 2 heterocycles. The molecule has 1 aliphatic carbocycles. The van der Waals surface area contributed by atoms with E-state index in [4.69, 9.17) is 11.6 Å². The van der Waals surface area contributed by atoms with E-state index >= 15 is 0 Å². The fraction of sp³-hybridized carbons (Fsp3) is 0.360. The third-order valence-corrected chi connectivity index (χ3v) is 7.12. The molecule has 2 aliphatic rings. The van der Waals surface area contributed by atoms with Crippen molar-refractivity contribution in [1.29, 1.82) is 0 Å².